The number of nitrogens with one attached hydrogen (secondary N) is 1. The van der Waals surface area contributed by atoms with E-state index in [1.54, 1.807) is 7.11 Å². The van der Waals surface area contributed by atoms with Crippen LogP contribution in [0.5, 0.6) is 0 Å². The number of carbonyl (C=O) groups is 2. The van der Waals surface area contributed by atoms with Gasteiger partial charge in [0.25, 0.3) is 0 Å². The van der Waals surface area contributed by atoms with Crippen molar-refractivity contribution in [1.82, 2.24) is 10.2 Å². The van der Waals surface area contributed by atoms with E-state index in [9.17, 15) is 9.59 Å². The first-order valence-electron chi connectivity index (χ1n) is 6.70. The fourth-order valence-electron chi connectivity index (χ4n) is 1.68. The molecule has 1 saturated carbocycles. The summed E-state index contributed by atoms with van der Waals surface area (Å²) in [5.74, 6) is 0.417. The van der Waals surface area contributed by atoms with Gasteiger partial charge in [0.2, 0.25) is 5.91 Å². The molecule has 1 fully saturated rings. The summed E-state index contributed by atoms with van der Waals surface area (Å²) in [5, 5.41) is 2.92. The lowest BCUT2D eigenvalue weighted by Gasteiger charge is -2.20. The minimum absolute atomic E-state index is 0.00729. The highest BCUT2D eigenvalue weighted by molar-refractivity contribution is 5.78. The van der Waals surface area contributed by atoms with Crippen LogP contribution in [0.3, 0.4) is 0 Å². The molecule has 1 rings (SSSR count). The van der Waals surface area contributed by atoms with Crippen molar-refractivity contribution in [2.75, 3.05) is 47.0 Å². The monoisotopic (exact) mass is 272 g/mol. The van der Waals surface area contributed by atoms with Crippen LogP contribution in [0.25, 0.3) is 0 Å². The van der Waals surface area contributed by atoms with Gasteiger partial charge in [0.05, 0.1) is 26.7 Å². The summed E-state index contributed by atoms with van der Waals surface area (Å²) in [5.41, 5.74) is 0. The largest absolute Gasteiger partial charge is 0.469 e. The summed E-state index contributed by atoms with van der Waals surface area (Å²) < 4.78 is 9.61. The summed E-state index contributed by atoms with van der Waals surface area (Å²) >= 11 is 0. The molecule has 0 bridgehead atoms. The fourth-order valence-corrected chi connectivity index (χ4v) is 1.68. The van der Waals surface area contributed by atoms with Crippen molar-refractivity contribution in [2.45, 2.75) is 19.3 Å². The summed E-state index contributed by atoms with van der Waals surface area (Å²) in [4.78, 5) is 24.8. The van der Waals surface area contributed by atoms with Gasteiger partial charge in [-0.05, 0) is 18.8 Å². The third-order valence-corrected chi connectivity index (χ3v) is 3.12. The Morgan fingerprint density at radius 2 is 2.00 bits per heavy atom. The Morgan fingerprint density at radius 1 is 1.26 bits per heavy atom. The molecule has 0 aromatic heterocycles. The number of hydrogen-bond acceptors (Lipinski definition) is 5. The predicted octanol–water partition coefficient (Wildman–Crippen LogP) is 0.0241. The van der Waals surface area contributed by atoms with Gasteiger partial charge in [-0.1, -0.05) is 0 Å². The second-order valence-electron chi connectivity index (χ2n) is 4.84. The van der Waals surface area contributed by atoms with Crippen molar-refractivity contribution < 1.29 is 19.1 Å². The molecule has 0 atom stereocenters. The summed E-state index contributed by atoms with van der Waals surface area (Å²) in [7, 11) is 2.98. The maximum absolute atomic E-state index is 11.8. The molecule has 0 unspecified atom stereocenters. The minimum atomic E-state index is -0.263. The van der Waals surface area contributed by atoms with Gasteiger partial charge >= 0.3 is 5.97 Å². The Bertz CT molecular complexity index is 292. The molecule has 0 spiro atoms. The molecular weight excluding hydrogens is 248 g/mol. The van der Waals surface area contributed by atoms with Crippen molar-refractivity contribution in [3.05, 3.63) is 0 Å². The molecule has 1 aliphatic carbocycles. The number of amides is 1. The molecule has 0 saturated heterocycles. The van der Waals surface area contributed by atoms with Gasteiger partial charge in [0, 0.05) is 26.7 Å². The van der Waals surface area contributed by atoms with E-state index in [2.05, 4.69) is 10.1 Å². The van der Waals surface area contributed by atoms with Gasteiger partial charge in [0.1, 0.15) is 0 Å². The topological polar surface area (TPSA) is 67.9 Å². The molecule has 1 N–H and O–H groups in total. The summed E-state index contributed by atoms with van der Waals surface area (Å²) in [6.45, 7) is 2.75. The van der Waals surface area contributed by atoms with Gasteiger partial charge in [0.15, 0.2) is 0 Å². The van der Waals surface area contributed by atoms with Crippen LogP contribution in [0, 0.1) is 5.92 Å². The molecule has 0 aromatic carbocycles. The molecule has 6 heteroatoms. The number of ether oxygens (including phenoxy) is 2. The molecule has 0 radical (unpaired) electrons. The zero-order valence-electron chi connectivity index (χ0n) is 11.8. The smallest absolute Gasteiger partial charge is 0.306 e. The fraction of sp³-hybridized carbons (Fsp3) is 0.846. The lowest BCUT2D eigenvalue weighted by Crippen LogP contribution is -2.40. The zero-order valence-corrected chi connectivity index (χ0v) is 11.8. The lowest BCUT2D eigenvalue weighted by molar-refractivity contribution is -0.141. The number of rotatable bonds is 10. The van der Waals surface area contributed by atoms with Crippen molar-refractivity contribution in [1.29, 1.82) is 0 Å². The van der Waals surface area contributed by atoms with Crippen LogP contribution >= 0.6 is 0 Å². The van der Waals surface area contributed by atoms with Crippen molar-refractivity contribution in [3.63, 3.8) is 0 Å². The Labute approximate surface area is 114 Å². The second-order valence-corrected chi connectivity index (χ2v) is 4.84. The van der Waals surface area contributed by atoms with Crippen LogP contribution in [0.1, 0.15) is 19.3 Å². The first-order chi connectivity index (χ1) is 9.15. The van der Waals surface area contributed by atoms with Crippen LogP contribution in [0.15, 0.2) is 0 Å². The SMILES string of the molecule is COCCN(CCC(=O)OC)CC(=O)NCC1CC1. The Morgan fingerprint density at radius 3 is 2.58 bits per heavy atom. The van der Waals surface area contributed by atoms with Crippen molar-refractivity contribution in [2.24, 2.45) is 5.92 Å². The maximum atomic E-state index is 11.8. The molecule has 0 aromatic rings. The molecule has 1 aliphatic rings. The lowest BCUT2D eigenvalue weighted by atomic mass is 10.3. The Hall–Kier alpha value is -1.14. The van der Waals surface area contributed by atoms with Crippen LogP contribution in [0.2, 0.25) is 0 Å². The van der Waals surface area contributed by atoms with E-state index >= 15 is 0 Å². The third kappa shape index (κ3) is 7.79. The molecule has 1 amide bonds. The predicted molar refractivity (Wildman–Crippen MR) is 70.7 cm³/mol. The minimum Gasteiger partial charge on any atom is -0.469 e. The Balaban J connectivity index is 2.24. The highest BCUT2D eigenvalue weighted by Crippen LogP contribution is 2.27. The van der Waals surface area contributed by atoms with Crippen molar-refractivity contribution in [3.8, 4) is 0 Å². The Kier molecular flexibility index (Phi) is 7.43. The molecule has 0 aliphatic heterocycles. The average Bonchev–Trinajstić information content (AvgIpc) is 3.23. The standard InChI is InChI=1S/C13H24N2O4/c1-18-8-7-15(6-5-13(17)19-2)10-12(16)14-9-11-3-4-11/h11H,3-10H2,1-2H3,(H,14,16). The highest BCUT2D eigenvalue weighted by Gasteiger charge is 2.22. The number of hydrogen-bond donors (Lipinski definition) is 1. The number of methoxy groups -OCH3 is 2. The first-order valence-corrected chi connectivity index (χ1v) is 6.70. The molecule has 0 heterocycles. The number of nitrogens with zero attached hydrogens (tertiary/aromatic N) is 1. The number of carbonyl (C=O) groups excluding carboxylic acids is 2. The maximum Gasteiger partial charge on any atom is 0.306 e. The number of esters is 1. The van der Waals surface area contributed by atoms with Gasteiger partial charge in [-0.15, -0.1) is 0 Å². The van der Waals surface area contributed by atoms with E-state index in [0.29, 0.717) is 32.2 Å². The van der Waals surface area contributed by atoms with Crippen LogP contribution < -0.4 is 5.32 Å². The normalized spacial score (nSPS) is 14.5. The quantitative estimate of drug-likeness (QED) is 0.568. The average molecular weight is 272 g/mol. The van der Waals surface area contributed by atoms with Crippen LogP contribution in [0.4, 0.5) is 0 Å². The van der Waals surface area contributed by atoms with Crippen LogP contribution in [-0.2, 0) is 19.1 Å². The van der Waals surface area contributed by atoms with E-state index in [1.165, 1.54) is 20.0 Å². The first kappa shape index (κ1) is 15.9. The summed E-state index contributed by atoms with van der Waals surface area (Å²) in [6, 6.07) is 0. The molecule has 110 valence electrons. The van der Waals surface area contributed by atoms with Gasteiger partial charge in [-0.25, -0.2) is 0 Å². The van der Waals surface area contributed by atoms with Gasteiger partial charge in [-0.3, -0.25) is 14.5 Å². The molecular formula is C13H24N2O4. The van der Waals surface area contributed by atoms with E-state index < -0.39 is 0 Å². The van der Waals surface area contributed by atoms with Crippen molar-refractivity contribution >= 4 is 11.9 Å². The highest BCUT2D eigenvalue weighted by atomic mass is 16.5. The summed E-state index contributed by atoms with van der Waals surface area (Å²) in [6.07, 6.45) is 2.72. The van der Waals surface area contributed by atoms with Crippen LogP contribution in [-0.4, -0.2) is 63.8 Å². The van der Waals surface area contributed by atoms with Gasteiger partial charge in [-0.2, -0.15) is 0 Å². The van der Waals surface area contributed by atoms with E-state index in [1.807, 2.05) is 4.90 Å². The molecule has 19 heavy (non-hydrogen) atoms. The zero-order chi connectivity index (χ0) is 14.1. The van der Waals surface area contributed by atoms with Gasteiger partial charge < -0.3 is 14.8 Å². The second kappa shape index (κ2) is 8.87. The van der Waals surface area contributed by atoms with E-state index in [4.69, 9.17) is 4.74 Å². The van der Waals surface area contributed by atoms with E-state index in [-0.39, 0.29) is 18.3 Å². The van der Waals surface area contributed by atoms with E-state index in [0.717, 1.165) is 6.54 Å². The third-order valence-electron chi connectivity index (χ3n) is 3.12. The molecule has 6 nitrogen and oxygen atoms in total.